The summed E-state index contributed by atoms with van der Waals surface area (Å²) in [6, 6.07) is 45.4. The molecule has 0 aliphatic rings. The molecule has 0 aliphatic heterocycles. The predicted molar refractivity (Wildman–Crippen MR) is 255 cm³/mol. The third kappa shape index (κ3) is 7.78. The average molecular weight is 799 g/mol. The highest BCUT2D eigenvalue weighted by molar-refractivity contribution is 5.98. The van der Waals surface area contributed by atoms with Gasteiger partial charge in [-0.05, 0) is 117 Å². The standard InChI is InChI=1S/C57H51N3O/c1-37-21-23-41(24-22-37)42-29-30-58-51(34-42)45-32-43(39-17-12-9-13-18-39)31-44(33-45)48-19-14-20-52-53(48)59-55(49-35-46(56(2,3)4)36-50(54(49)61)57(5,6)7)60(52)47-27-25-40(26-28-47)38-15-10-8-11-16-38/h8-36,61H,1-7H3/i8D,10D,11D,15D,16D. The second-order valence-corrected chi connectivity index (χ2v) is 17.9. The van der Waals surface area contributed by atoms with Gasteiger partial charge < -0.3 is 5.11 Å². The molecule has 0 amide bonds. The lowest BCUT2D eigenvalue weighted by atomic mass is 9.79. The molecule has 0 atom stereocenters. The second kappa shape index (κ2) is 15.5. The third-order valence-corrected chi connectivity index (χ3v) is 11.4. The number of para-hydroxylation sites is 1. The van der Waals surface area contributed by atoms with Crippen molar-refractivity contribution in [3.05, 3.63) is 193 Å². The van der Waals surface area contributed by atoms with Crippen LogP contribution in [0.4, 0.5) is 0 Å². The number of aromatic nitrogens is 3. The highest BCUT2D eigenvalue weighted by Gasteiger charge is 2.28. The molecule has 1 N–H and O–H groups in total. The summed E-state index contributed by atoms with van der Waals surface area (Å²) in [5.74, 6) is 0.686. The lowest BCUT2D eigenvalue weighted by Gasteiger charge is -2.27. The minimum atomic E-state index is -0.434. The monoisotopic (exact) mass is 798 g/mol. The van der Waals surface area contributed by atoms with Gasteiger partial charge in [0.2, 0.25) is 0 Å². The van der Waals surface area contributed by atoms with Gasteiger partial charge in [-0.15, -0.1) is 0 Å². The Morgan fingerprint density at radius 2 is 1.20 bits per heavy atom. The van der Waals surface area contributed by atoms with Crippen LogP contribution in [0.3, 0.4) is 0 Å². The summed E-state index contributed by atoms with van der Waals surface area (Å²) in [7, 11) is 0. The van der Waals surface area contributed by atoms with Gasteiger partial charge >= 0.3 is 0 Å². The summed E-state index contributed by atoms with van der Waals surface area (Å²) in [5, 5.41) is 12.4. The maximum Gasteiger partial charge on any atom is 0.149 e. The smallest absolute Gasteiger partial charge is 0.149 e. The Hall–Kier alpha value is -7.04. The molecule has 0 bridgehead atoms. The fourth-order valence-corrected chi connectivity index (χ4v) is 8.00. The maximum absolute atomic E-state index is 12.4. The van der Waals surface area contributed by atoms with Crippen LogP contribution in [0.25, 0.3) is 83.9 Å². The van der Waals surface area contributed by atoms with Crippen LogP contribution in [0.5, 0.6) is 5.75 Å². The van der Waals surface area contributed by atoms with Crippen molar-refractivity contribution in [1.82, 2.24) is 14.5 Å². The van der Waals surface area contributed by atoms with E-state index in [0.717, 1.165) is 72.5 Å². The summed E-state index contributed by atoms with van der Waals surface area (Å²) in [6.45, 7) is 14.9. The molecule has 0 aliphatic carbocycles. The van der Waals surface area contributed by atoms with E-state index in [4.69, 9.17) is 16.8 Å². The van der Waals surface area contributed by atoms with Crippen molar-refractivity contribution in [3.8, 4) is 78.6 Å². The molecule has 4 heteroatoms. The highest BCUT2D eigenvalue weighted by atomic mass is 16.3. The van der Waals surface area contributed by atoms with E-state index in [2.05, 4.69) is 121 Å². The van der Waals surface area contributed by atoms with Crippen molar-refractivity contribution >= 4 is 11.0 Å². The molecule has 9 rings (SSSR count). The van der Waals surface area contributed by atoms with Crippen molar-refractivity contribution in [2.45, 2.75) is 59.3 Å². The molecule has 61 heavy (non-hydrogen) atoms. The fourth-order valence-electron chi connectivity index (χ4n) is 8.00. The first-order valence-electron chi connectivity index (χ1n) is 23.2. The van der Waals surface area contributed by atoms with E-state index in [9.17, 15) is 5.11 Å². The molecule has 7 aromatic carbocycles. The second-order valence-electron chi connectivity index (χ2n) is 17.9. The van der Waals surface area contributed by atoms with Crippen LogP contribution in [0, 0.1) is 6.92 Å². The maximum atomic E-state index is 12.4. The third-order valence-electron chi connectivity index (χ3n) is 11.4. The molecule has 0 saturated heterocycles. The summed E-state index contributed by atoms with van der Waals surface area (Å²) in [6.07, 6.45) is 1.86. The minimum absolute atomic E-state index is 0.129. The Kier molecular flexibility index (Phi) is 8.59. The molecule has 0 radical (unpaired) electrons. The van der Waals surface area contributed by atoms with Gasteiger partial charge in [0, 0.05) is 28.6 Å². The predicted octanol–water partition coefficient (Wildman–Crippen LogP) is 15.0. The molecule has 0 spiro atoms. The van der Waals surface area contributed by atoms with Gasteiger partial charge in [-0.3, -0.25) is 9.55 Å². The topological polar surface area (TPSA) is 50.9 Å². The number of phenolic OH excluding ortho intramolecular Hbond substituents is 1. The number of aryl methyl sites for hydroxylation is 1. The fraction of sp³-hybridized carbons (Fsp3) is 0.158. The Morgan fingerprint density at radius 3 is 1.90 bits per heavy atom. The Morgan fingerprint density at radius 1 is 0.541 bits per heavy atom. The molecule has 0 fully saturated rings. The number of fused-ring (bicyclic) bond motifs is 1. The molecular formula is C57H51N3O. The lowest BCUT2D eigenvalue weighted by molar-refractivity contribution is 0.446. The van der Waals surface area contributed by atoms with E-state index >= 15 is 0 Å². The molecule has 0 saturated carbocycles. The zero-order valence-electron chi connectivity index (χ0n) is 40.6. The molecule has 9 aromatic rings. The van der Waals surface area contributed by atoms with Gasteiger partial charge in [-0.1, -0.05) is 162 Å². The van der Waals surface area contributed by atoms with E-state index in [0.29, 0.717) is 17.0 Å². The Labute approximate surface area is 366 Å². The van der Waals surface area contributed by atoms with Crippen molar-refractivity contribution in [2.24, 2.45) is 0 Å². The summed E-state index contributed by atoms with van der Waals surface area (Å²) in [5.41, 5.74) is 13.7. The van der Waals surface area contributed by atoms with Crippen LogP contribution in [-0.4, -0.2) is 19.6 Å². The summed E-state index contributed by atoms with van der Waals surface area (Å²) < 4.78 is 44.2. The van der Waals surface area contributed by atoms with Crippen molar-refractivity contribution in [3.63, 3.8) is 0 Å². The van der Waals surface area contributed by atoms with Gasteiger partial charge in [-0.25, -0.2) is 4.98 Å². The largest absolute Gasteiger partial charge is 0.507 e. The number of nitrogens with zero attached hydrogens (tertiary/aromatic N) is 3. The van der Waals surface area contributed by atoms with Crippen LogP contribution in [0.1, 0.15) is 65.1 Å². The highest BCUT2D eigenvalue weighted by Crippen LogP contribution is 2.45. The normalized spacial score (nSPS) is 13.1. The molecule has 0 unspecified atom stereocenters. The Bertz CT molecular complexity index is 3300. The van der Waals surface area contributed by atoms with Crippen molar-refractivity contribution < 1.29 is 12.0 Å². The number of aromatic hydroxyl groups is 1. The first kappa shape index (κ1) is 33.8. The number of imidazole rings is 1. The van der Waals surface area contributed by atoms with Crippen LogP contribution in [0.15, 0.2) is 176 Å². The van der Waals surface area contributed by atoms with Crippen molar-refractivity contribution in [1.29, 1.82) is 0 Å². The first-order chi connectivity index (χ1) is 31.4. The lowest BCUT2D eigenvalue weighted by Crippen LogP contribution is -2.17. The van der Waals surface area contributed by atoms with Gasteiger partial charge in [0.15, 0.2) is 0 Å². The van der Waals surface area contributed by atoms with Crippen LogP contribution < -0.4 is 0 Å². The van der Waals surface area contributed by atoms with Gasteiger partial charge in [0.25, 0.3) is 0 Å². The minimum Gasteiger partial charge on any atom is -0.507 e. The van der Waals surface area contributed by atoms with Gasteiger partial charge in [0.05, 0.1) is 29.1 Å². The molecular weight excluding hydrogens is 743 g/mol. The zero-order valence-corrected chi connectivity index (χ0v) is 35.6. The number of hydrogen-bond donors (Lipinski definition) is 1. The SMILES string of the molecule is [2H]c1c([2H])c([2H])c(-c2ccc(-n3c(-c4cc(C(C)(C)C)cc(C(C)(C)C)c4O)nc4c(-c5cc(-c6ccccc6)cc(-c6cc(-c7ccc(C)cc7)ccn6)c5)cccc43)cc2)c([2H])c1[2H]. The Balaban J connectivity index is 1.30. The summed E-state index contributed by atoms with van der Waals surface area (Å²) >= 11 is 0. The van der Waals surface area contributed by atoms with E-state index in [1.54, 1.807) is 12.1 Å². The number of phenols is 1. The summed E-state index contributed by atoms with van der Waals surface area (Å²) in [4.78, 5) is 10.4. The molecule has 2 heterocycles. The number of pyridine rings is 1. The molecule has 2 aromatic heterocycles. The van der Waals surface area contributed by atoms with Crippen LogP contribution in [0.2, 0.25) is 0 Å². The van der Waals surface area contributed by atoms with Crippen LogP contribution >= 0.6 is 0 Å². The molecule has 4 nitrogen and oxygen atoms in total. The van der Waals surface area contributed by atoms with E-state index < -0.39 is 11.5 Å². The molecule has 300 valence electrons. The van der Waals surface area contributed by atoms with Gasteiger partial charge in [0.1, 0.15) is 11.6 Å². The van der Waals surface area contributed by atoms with Gasteiger partial charge in [-0.2, -0.15) is 0 Å². The average Bonchev–Trinajstić information content (AvgIpc) is 3.70. The number of hydrogen-bond acceptors (Lipinski definition) is 3. The van der Waals surface area contributed by atoms with E-state index in [1.165, 1.54) is 5.56 Å². The quantitative estimate of drug-likeness (QED) is 0.175. The zero-order chi connectivity index (χ0) is 46.8. The van der Waals surface area contributed by atoms with Crippen molar-refractivity contribution in [2.75, 3.05) is 0 Å². The van der Waals surface area contributed by atoms with E-state index in [1.807, 2.05) is 65.4 Å². The number of benzene rings is 7. The first-order valence-corrected chi connectivity index (χ1v) is 20.7. The number of rotatable bonds is 7. The van der Waals surface area contributed by atoms with Crippen LogP contribution in [-0.2, 0) is 10.8 Å². The van der Waals surface area contributed by atoms with E-state index in [-0.39, 0.29) is 40.9 Å².